The smallest absolute Gasteiger partial charge is 0.272 e. The van der Waals surface area contributed by atoms with E-state index in [0.29, 0.717) is 30.4 Å². The Hall–Kier alpha value is -3.35. The van der Waals surface area contributed by atoms with Crippen LogP contribution in [0, 0.1) is 6.92 Å². The molecule has 1 fully saturated rings. The summed E-state index contributed by atoms with van der Waals surface area (Å²) >= 11 is 0. The van der Waals surface area contributed by atoms with Crippen LogP contribution in [0.2, 0.25) is 0 Å². The number of rotatable bonds is 5. The highest BCUT2D eigenvalue weighted by molar-refractivity contribution is 5.93. The first-order valence-electron chi connectivity index (χ1n) is 9.21. The maximum atomic E-state index is 12.8. The molecule has 7 nitrogen and oxygen atoms in total. The predicted octanol–water partition coefficient (Wildman–Crippen LogP) is 3.08. The minimum Gasteiger partial charge on any atom is -0.497 e. The first-order chi connectivity index (χ1) is 13.6. The van der Waals surface area contributed by atoms with E-state index in [9.17, 15) is 4.79 Å². The van der Waals surface area contributed by atoms with Gasteiger partial charge in [-0.3, -0.25) is 9.89 Å². The Labute approximate surface area is 163 Å². The van der Waals surface area contributed by atoms with Crippen LogP contribution in [-0.4, -0.2) is 52.3 Å². The molecule has 1 aromatic carbocycles. The Kier molecular flexibility index (Phi) is 4.97. The van der Waals surface area contributed by atoms with Crippen molar-refractivity contribution in [1.29, 1.82) is 0 Å². The summed E-state index contributed by atoms with van der Waals surface area (Å²) in [5.74, 6) is 1.26. The molecule has 0 spiro atoms. The second kappa shape index (κ2) is 7.72. The van der Waals surface area contributed by atoms with Crippen LogP contribution in [0.5, 0.6) is 11.6 Å². The van der Waals surface area contributed by atoms with Crippen molar-refractivity contribution in [2.24, 2.45) is 0 Å². The number of aromatic amines is 1. The fourth-order valence-corrected chi connectivity index (χ4v) is 3.24. The average molecular weight is 378 g/mol. The number of nitrogens with zero attached hydrogens (tertiary/aromatic N) is 3. The second-order valence-electron chi connectivity index (χ2n) is 6.85. The van der Waals surface area contributed by atoms with Crippen molar-refractivity contribution in [2.45, 2.75) is 19.4 Å². The number of hydrogen-bond acceptors (Lipinski definition) is 5. The van der Waals surface area contributed by atoms with Gasteiger partial charge in [-0.2, -0.15) is 5.10 Å². The fourth-order valence-electron chi connectivity index (χ4n) is 3.24. The quantitative estimate of drug-likeness (QED) is 0.738. The minimum atomic E-state index is -0.0791. The molecule has 1 N–H and O–H groups in total. The average Bonchev–Trinajstić information content (AvgIpc) is 3.39. The molecule has 1 atom stereocenters. The lowest BCUT2D eigenvalue weighted by molar-refractivity contribution is 0.0765. The Bertz CT molecular complexity index is 968. The molecule has 0 aliphatic carbocycles. The molecule has 1 amide bonds. The number of carbonyl (C=O) groups excluding carboxylic acids is 1. The van der Waals surface area contributed by atoms with E-state index in [4.69, 9.17) is 9.47 Å². The summed E-state index contributed by atoms with van der Waals surface area (Å²) in [6.07, 6.45) is 2.50. The number of methoxy groups -OCH3 is 1. The molecule has 1 aliphatic heterocycles. The SMILES string of the molecule is COc1cccc(-c2cc(C(=O)N3CCC(Oc4ccc(C)cn4)C3)[nH]n2)c1. The van der Waals surface area contributed by atoms with Gasteiger partial charge in [-0.05, 0) is 30.7 Å². The number of carbonyl (C=O) groups is 1. The van der Waals surface area contributed by atoms with E-state index in [2.05, 4.69) is 15.2 Å². The number of benzene rings is 1. The van der Waals surface area contributed by atoms with Crippen molar-refractivity contribution in [3.8, 4) is 22.9 Å². The molecule has 7 heteroatoms. The lowest BCUT2D eigenvalue weighted by Gasteiger charge is -2.16. The van der Waals surface area contributed by atoms with E-state index in [1.54, 1.807) is 24.3 Å². The second-order valence-corrected chi connectivity index (χ2v) is 6.85. The molecule has 0 bridgehead atoms. The van der Waals surface area contributed by atoms with Gasteiger partial charge in [0.05, 0.1) is 19.3 Å². The van der Waals surface area contributed by atoms with Gasteiger partial charge in [-0.15, -0.1) is 0 Å². The highest BCUT2D eigenvalue weighted by atomic mass is 16.5. The summed E-state index contributed by atoms with van der Waals surface area (Å²) in [4.78, 5) is 18.9. The van der Waals surface area contributed by atoms with Crippen LogP contribution in [0.25, 0.3) is 11.3 Å². The van der Waals surface area contributed by atoms with Crippen molar-refractivity contribution >= 4 is 5.91 Å². The number of pyridine rings is 1. The number of aryl methyl sites for hydroxylation is 1. The maximum absolute atomic E-state index is 12.8. The zero-order valence-electron chi connectivity index (χ0n) is 15.9. The van der Waals surface area contributed by atoms with Crippen LogP contribution in [0.3, 0.4) is 0 Å². The normalized spacial score (nSPS) is 16.2. The van der Waals surface area contributed by atoms with Gasteiger partial charge in [0.25, 0.3) is 5.91 Å². The maximum Gasteiger partial charge on any atom is 0.272 e. The molecule has 3 aromatic rings. The van der Waals surface area contributed by atoms with E-state index < -0.39 is 0 Å². The highest BCUT2D eigenvalue weighted by Crippen LogP contribution is 2.24. The first kappa shape index (κ1) is 18.0. The largest absolute Gasteiger partial charge is 0.497 e. The van der Waals surface area contributed by atoms with Gasteiger partial charge >= 0.3 is 0 Å². The van der Waals surface area contributed by atoms with Gasteiger partial charge in [-0.25, -0.2) is 4.98 Å². The predicted molar refractivity (Wildman–Crippen MR) is 104 cm³/mol. The Morgan fingerprint density at radius 1 is 1.25 bits per heavy atom. The third kappa shape index (κ3) is 3.83. The monoisotopic (exact) mass is 378 g/mol. The number of H-pyrrole nitrogens is 1. The zero-order chi connectivity index (χ0) is 19.5. The fraction of sp³-hybridized carbons (Fsp3) is 0.286. The highest BCUT2D eigenvalue weighted by Gasteiger charge is 2.29. The van der Waals surface area contributed by atoms with Crippen molar-refractivity contribution in [1.82, 2.24) is 20.1 Å². The van der Waals surface area contributed by atoms with Crippen LogP contribution in [-0.2, 0) is 0 Å². The van der Waals surface area contributed by atoms with Crippen molar-refractivity contribution in [3.63, 3.8) is 0 Å². The molecule has 1 aliphatic rings. The first-order valence-corrected chi connectivity index (χ1v) is 9.21. The Morgan fingerprint density at radius 3 is 2.93 bits per heavy atom. The van der Waals surface area contributed by atoms with Crippen molar-refractivity contribution < 1.29 is 14.3 Å². The van der Waals surface area contributed by atoms with Gasteiger partial charge in [-0.1, -0.05) is 18.2 Å². The van der Waals surface area contributed by atoms with Gasteiger partial charge in [0.15, 0.2) is 0 Å². The van der Waals surface area contributed by atoms with Crippen LogP contribution in [0.1, 0.15) is 22.5 Å². The lowest BCUT2D eigenvalue weighted by atomic mass is 10.1. The van der Waals surface area contributed by atoms with Crippen molar-refractivity contribution in [2.75, 3.05) is 20.2 Å². The molecule has 4 rings (SSSR count). The minimum absolute atomic E-state index is 0.0556. The molecule has 28 heavy (non-hydrogen) atoms. The van der Waals surface area contributed by atoms with Crippen LogP contribution in [0.4, 0.5) is 0 Å². The van der Waals surface area contributed by atoms with E-state index in [1.165, 1.54) is 0 Å². The van der Waals surface area contributed by atoms with Gasteiger partial charge in [0, 0.05) is 30.8 Å². The van der Waals surface area contributed by atoms with Crippen LogP contribution >= 0.6 is 0 Å². The Morgan fingerprint density at radius 2 is 2.14 bits per heavy atom. The Balaban J connectivity index is 1.41. The molecule has 3 heterocycles. The standard InChI is InChI=1S/C21H22N4O3/c1-14-6-7-20(22-12-14)28-17-8-9-25(13-17)21(26)19-11-18(23-24-19)15-4-3-5-16(10-15)27-2/h3-7,10-12,17H,8-9,13H2,1-2H3,(H,23,24). The summed E-state index contributed by atoms with van der Waals surface area (Å²) in [5, 5.41) is 7.13. The third-order valence-corrected chi connectivity index (χ3v) is 4.78. The molecule has 144 valence electrons. The number of nitrogens with one attached hydrogen (secondary N) is 1. The number of aromatic nitrogens is 3. The van der Waals surface area contributed by atoms with E-state index in [0.717, 1.165) is 23.3 Å². The third-order valence-electron chi connectivity index (χ3n) is 4.78. The van der Waals surface area contributed by atoms with Crippen molar-refractivity contribution in [3.05, 3.63) is 59.9 Å². The lowest BCUT2D eigenvalue weighted by Crippen LogP contribution is -2.31. The van der Waals surface area contributed by atoms with Gasteiger partial charge < -0.3 is 14.4 Å². The topological polar surface area (TPSA) is 80.3 Å². The van der Waals surface area contributed by atoms with Gasteiger partial charge in [0.2, 0.25) is 5.88 Å². The molecule has 0 radical (unpaired) electrons. The number of likely N-dealkylation sites (tertiary alicyclic amines) is 1. The molecular weight excluding hydrogens is 356 g/mol. The molecule has 0 saturated carbocycles. The molecule has 1 unspecified atom stereocenters. The summed E-state index contributed by atoms with van der Waals surface area (Å²) in [7, 11) is 1.62. The summed E-state index contributed by atoms with van der Waals surface area (Å²) in [6.45, 7) is 3.15. The van der Waals surface area contributed by atoms with E-state index in [1.807, 2.05) is 43.3 Å². The molecular formula is C21H22N4O3. The molecule has 1 saturated heterocycles. The number of hydrogen-bond donors (Lipinski definition) is 1. The van der Waals surface area contributed by atoms with Crippen LogP contribution < -0.4 is 9.47 Å². The number of ether oxygens (including phenoxy) is 2. The summed E-state index contributed by atoms with van der Waals surface area (Å²) in [6, 6.07) is 13.2. The summed E-state index contributed by atoms with van der Waals surface area (Å²) < 4.78 is 11.1. The van der Waals surface area contributed by atoms with Crippen LogP contribution in [0.15, 0.2) is 48.7 Å². The summed E-state index contributed by atoms with van der Waals surface area (Å²) in [5.41, 5.74) is 3.15. The zero-order valence-corrected chi connectivity index (χ0v) is 15.9. The van der Waals surface area contributed by atoms with E-state index in [-0.39, 0.29) is 12.0 Å². The van der Waals surface area contributed by atoms with E-state index >= 15 is 0 Å². The van der Waals surface area contributed by atoms with Gasteiger partial charge in [0.1, 0.15) is 17.5 Å². The molecule has 2 aromatic heterocycles. The number of amides is 1.